The Hall–Kier alpha value is -0.120. The molecule has 0 bridgehead atoms. The number of epoxide rings is 2. The quantitative estimate of drug-likeness (QED) is 0.666. The molecule has 1 saturated carbocycles. The lowest BCUT2D eigenvalue weighted by atomic mass is 9.86. The van der Waals surface area contributed by atoms with Gasteiger partial charge in [0.15, 0.2) is 0 Å². The van der Waals surface area contributed by atoms with Crippen LogP contribution in [0.1, 0.15) is 32.6 Å². The molecule has 0 aromatic carbocycles. The van der Waals surface area contributed by atoms with Crippen molar-refractivity contribution in [2.45, 2.75) is 50.9 Å². The third-order valence-corrected chi connectivity index (χ3v) is 4.18. The molecule has 0 aromatic rings. The predicted octanol–water partition coefficient (Wildman–Crippen LogP) is 1.66. The van der Waals surface area contributed by atoms with Gasteiger partial charge in [-0.2, -0.15) is 0 Å². The van der Waals surface area contributed by atoms with Crippen LogP contribution in [0, 0.1) is 5.92 Å². The first-order valence-corrected chi connectivity index (χ1v) is 6.78. The van der Waals surface area contributed by atoms with Crippen LogP contribution in [0.4, 0.5) is 0 Å². The van der Waals surface area contributed by atoms with Crippen molar-refractivity contribution < 1.29 is 9.47 Å². The Morgan fingerprint density at radius 3 is 1.88 bits per heavy atom. The van der Waals surface area contributed by atoms with Gasteiger partial charge in [0.05, 0.1) is 25.4 Å². The van der Waals surface area contributed by atoms with Crippen LogP contribution in [0.5, 0.6) is 0 Å². The van der Waals surface area contributed by atoms with Crippen LogP contribution in [0.3, 0.4) is 0 Å². The van der Waals surface area contributed by atoms with E-state index < -0.39 is 0 Å². The summed E-state index contributed by atoms with van der Waals surface area (Å²) >= 11 is 0. The van der Waals surface area contributed by atoms with Gasteiger partial charge in [0.1, 0.15) is 0 Å². The molecule has 92 valence electrons. The van der Waals surface area contributed by atoms with Gasteiger partial charge >= 0.3 is 0 Å². The standard InChI is InChI=1S/C13H23NO2/c1-10-2-4-11(5-3-10)14(6-12-8-15-12)7-13-9-16-13/h10-13H,2-9H2,1H3. The van der Waals surface area contributed by atoms with Gasteiger partial charge in [0.2, 0.25) is 0 Å². The zero-order valence-electron chi connectivity index (χ0n) is 10.2. The van der Waals surface area contributed by atoms with Gasteiger partial charge < -0.3 is 9.47 Å². The first-order chi connectivity index (χ1) is 7.81. The number of hydrogen-bond acceptors (Lipinski definition) is 3. The molecule has 2 aliphatic heterocycles. The molecular formula is C13H23NO2. The molecule has 3 aliphatic rings. The fourth-order valence-electron chi connectivity index (χ4n) is 2.85. The summed E-state index contributed by atoms with van der Waals surface area (Å²) in [6, 6.07) is 0.796. The fourth-order valence-corrected chi connectivity index (χ4v) is 2.85. The van der Waals surface area contributed by atoms with E-state index in [9.17, 15) is 0 Å². The van der Waals surface area contributed by atoms with E-state index >= 15 is 0 Å². The number of ether oxygens (including phenoxy) is 2. The molecule has 16 heavy (non-hydrogen) atoms. The van der Waals surface area contributed by atoms with E-state index in [1.54, 1.807) is 0 Å². The first-order valence-electron chi connectivity index (χ1n) is 6.78. The zero-order valence-corrected chi connectivity index (χ0v) is 10.2. The second-order valence-corrected chi connectivity index (χ2v) is 5.78. The van der Waals surface area contributed by atoms with E-state index in [-0.39, 0.29) is 0 Å². The minimum atomic E-state index is 0.526. The molecule has 0 aromatic heterocycles. The average molecular weight is 225 g/mol. The van der Waals surface area contributed by atoms with E-state index in [1.807, 2.05) is 0 Å². The third-order valence-electron chi connectivity index (χ3n) is 4.18. The molecule has 1 aliphatic carbocycles. The third kappa shape index (κ3) is 2.96. The number of hydrogen-bond donors (Lipinski definition) is 0. The Balaban J connectivity index is 1.52. The minimum absolute atomic E-state index is 0.526. The van der Waals surface area contributed by atoms with Crippen molar-refractivity contribution in [3.8, 4) is 0 Å². The fraction of sp³-hybridized carbons (Fsp3) is 1.00. The summed E-state index contributed by atoms with van der Waals surface area (Å²) in [5.41, 5.74) is 0. The molecule has 3 heteroatoms. The summed E-state index contributed by atoms with van der Waals surface area (Å²) in [4.78, 5) is 2.64. The van der Waals surface area contributed by atoms with Crippen molar-refractivity contribution >= 4 is 0 Å². The molecule has 2 saturated heterocycles. The molecule has 0 N–H and O–H groups in total. The Bertz CT molecular complexity index is 216. The Morgan fingerprint density at radius 2 is 1.44 bits per heavy atom. The highest BCUT2D eigenvalue weighted by Crippen LogP contribution is 2.29. The van der Waals surface area contributed by atoms with E-state index in [0.717, 1.165) is 38.3 Å². The summed E-state index contributed by atoms with van der Waals surface area (Å²) in [6.45, 7) is 6.61. The average Bonchev–Trinajstić information content (AvgIpc) is 3.12. The summed E-state index contributed by atoms with van der Waals surface area (Å²) in [6.07, 6.45) is 6.61. The lowest BCUT2D eigenvalue weighted by Crippen LogP contribution is -2.42. The first kappa shape index (κ1) is 11.0. The molecule has 2 atom stereocenters. The Morgan fingerprint density at radius 1 is 0.938 bits per heavy atom. The van der Waals surface area contributed by atoms with E-state index in [1.165, 1.54) is 25.7 Å². The zero-order chi connectivity index (χ0) is 11.0. The second-order valence-electron chi connectivity index (χ2n) is 5.78. The maximum absolute atomic E-state index is 5.37. The van der Waals surface area contributed by atoms with Gasteiger partial charge in [-0.1, -0.05) is 6.92 Å². The summed E-state index contributed by atoms with van der Waals surface area (Å²) in [5, 5.41) is 0. The van der Waals surface area contributed by atoms with Crippen molar-refractivity contribution in [3.05, 3.63) is 0 Å². The van der Waals surface area contributed by atoms with Crippen LogP contribution in [0.25, 0.3) is 0 Å². The van der Waals surface area contributed by atoms with Crippen molar-refractivity contribution in [2.75, 3.05) is 26.3 Å². The molecule has 3 nitrogen and oxygen atoms in total. The van der Waals surface area contributed by atoms with Crippen molar-refractivity contribution in [2.24, 2.45) is 5.92 Å². The van der Waals surface area contributed by atoms with Crippen molar-refractivity contribution in [1.82, 2.24) is 4.90 Å². The minimum Gasteiger partial charge on any atom is -0.372 e. The van der Waals surface area contributed by atoms with Gasteiger partial charge in [-0.15, -0.1) is 0 Å². The lowest BCUT2D eigenvalue weighted by molar-refractivity contribution is 0.120. The number of rotatable bonds is 5. The molecule has 3 rings (SSSR count). The molecule has 0 amide bonds. The summed E-state index contributed by atoms with van der Waals surface area (Å²) in [7, 11) is 0. The second kappa shape index (κ2) is 4.63. The molecular weight excluding hydrogens is 202 g/mol. The summed E-state index contributed by atoms with van der Waals surface area (Å²) < 4.78 is 10.7. The van der Waals surface area contributed by atoms with Crippen molar-refractivity contribution in [3.63, 3.8) is 0 Å². The number of nitrogens with zero attached hydrogens (tertiary/aromatic N) is 1. The van der Waals surface area contributed by atoms with E-state index in [2.05, 4.69) is 11.8 Å². The summed E-state index contributed by atoms with van der Waals surface area (Å²) in [5.74, 6) is 0.937. The van der Waals surface area contributed by atoms with Crippen LogP contribution in [0.15, 0.2) is 0 Å². The van der Waals surface area contributed by atoms with Crippen LogP contribution in [-0.4, -0.2) is 49.5 Å². The maximum Gasteiger partial charge on any atom is 0.0936 e. The van der Waals surface area contributed by atoms with Gasteiger partial charge in [-0.3, -0.25) is 4.90 Å². The highest BCUT2D eigenvalue weighted by molar-refractivity contribution is 4.86. The van der Waals surface area contributed by atoms with Crippen LogP contribution in [-0.2, 0) is 9.47 Å². The SMILES string of the molecule is CC1CCC(N(CC2CO2)CC2CO2)CC1. The smallest absolute Gasteiger partial charge is 0.0936 e. The van der Waals surface area contributed by atoms with Crippen molar-refractivity contribution in [1.29, 1.82) is 0 Å². The van der Waals surface area contributed by atoms with E-state index in [4.69, 9.17) is 9.47 Å². The van der Waals surface area contributed by atoms with Crippen LogP contribution < -0.4 is 0 Å². The van der Waals surface area contributed by atoms with Crippen LogP contribution in [0.2, 0.25) is 0 Å². The highest BCUT2D eigenvalue weighted by atomic mass is 16.6. The molecule has 0 radical (unpaired) electrons. The van der Waals surface area contributed by atoms with E-state index in [0.29, 0.717) is 12.2 Å². The highest BCUT2D eigenvalue weighted by Gasteiger charge is 2.34. The topological polar surface area (TPSA) is 28.3 Å². The predicted molar refractivity (Wildman–Crippen MR) is 62.5 cm³/mol. The van der Waals surface area contributed by atoms with Gasteiger partial charge in [-0.05, 0) is 31.6 Å². The Kier molecular flexibility index (Phi) is 3.18. The molecule has 0 spiro atoms. The van der Waals surface area contributed by atoms with Gasteiger partial charge in [0.25, 0.3) is 0 Å². The lowest BCUT2D eigenvalue weighted by Gasteiger charge is -2.35. The molecule has 3 fully saturated rings. The van der Waals surface area contributed by atoms with Gasteiger partial charge in [-0.25, -0.2) is 0 Å². The Labute approximate surface area is 98.1 Å². The molecule has 2 heterocycles. The monoisotopic (exact) mass is 225 g/mol. The van der Waals surface area contributed by atoms with Crippen LogP contribution >= 0.6 is 0 Å². The normalized spacial score (nSPS) is 42.4. The maximum atomic E-state index is 5.37. The molecule has 2 unspecified atom stereocenters. The van der Waals surface area contributed by atoms with Gasteiger partial charge in [0, 0.05) is 19.1 Å². The largest absolute Gasteiger partial charge is 0.372 e.